The molecule has 0 aliphatic heterocycles. The van der Waals surface area contributed by atoms with E-state index in [-0.39, 0.29) is 24.3 Å². The summed E-state index contributed by atoms with van der Waals surface area (Å²) in [7, 11) is 0. The standard InChI is InChI=1S/C14H16N4O3/c1-9(5-6-12(20)17-8-19)18-14(21)10-3-2-4-11-13(10)16-7-15-11/h2-4,7-9H,5-6H2,1H3,(H,15,16)(H,18,21)(H,17,19,20). The molecule has 1 atom stereocenters. The van der Waals surface area contributed by atoms with Gasteiger partial charge in [0.2, 0.25) is 12.3 Å². The molecule has 110 valence electrons. The van der Waals surface area contributed by atoms with Gasteiger partial charge in [0, 0.05) is 12.5 Å². The molecule has 3 N–H and O–H groups in total. The largest absolute Gasteiger partial charge is 0.350 e. The van der Waals surface area contributed by atoms with E-state index >= 15 is 0 Å². The number of aromatic amines is 1. The Morgan fingerprint density at radius 2 is 2.24 bits per heavy atom. The molecule has 0 saturated heterocycles. The highest BCUT2D eigenvalue weighted by Crippen LogP contribution is 2.14. The third-order valence-corrected chi connectivity index (χ3v) is 3.10. The lowest BCUT2D eigenvalue weighted by Crippen LogP contribution is -2.34. The highest BCUT2D eigenvalue weighted by Gasteiger charge is 2.14. The van der Waals surface area contributed by atoms with Gasteiger partial charge in [-0.1, -0.05) is 6.07 Å². The average Bonchev–Trinajstić information content (AvgIpc) is 2.93. The Bertz CT molecular complexity index is 665. The van der Waals surface area contributed by atoms with Gasteiger partial charge in [0.05, 0.1) is 17.4 Å². The molecule has 0 aliphatic carbocycles. The summed E-state index contributed by atoms with van der Waals surface area (Å²) >= 11 is 0. The lowest BCUT2D eigenvalue weighted by Gasteiger charge is -2.13. The molecule has 1 heterocycles. The van der Waals surface area contributed by atoms with Gasteiger partial charge in [-0.2, -0.15) is 0 Å². The maximum atomic E-state index is 12.2. The number of hydrogen-bond donors (Lipinski definition) is 3. The predicted octanol–water partition coefficient (Wildman–Crippen LogP) is 0.734. The van der Waals surface area contributed by atoms with Crippen LogP contribution in [0.25, 0.3) is 11.0 Å². The van der Waals surface area contributed by atoms with E-state index in [1.54, 1.807) is 19.1 Å². The van der Waals surface area contributed by atoms with Crippen LogP contribution in [0.2, 0.25) is 0 Å². The van der Waals surface area contributed by atoms with Crippen LogP contribution in [-0.2, 0) is 9.59 Å². The number of aromatic nitrogens is 2. The third kappa shape index (κ3) is 3.65. The van der Waals surface area contributed by atoms with Crippen molar-refractivity contribution in [2.45, 2.75) is 25.8 Å². The minimum absolute atomic E-state index is 0.173. The summed E-state index contributed by atoms with van der Waals surface area (Å²) in [4.78, 5) is 40.6. The maximum absolute atomic E-state index is 12.2. The number of nitrogens with one attached hydrogen (secondary N) is 3. The van der Waals surface area contributed by atoms with Gasteiger partial charge in [0.1, 0.15) is 5.52 Å². The molecule has 7 nitrogen and oxygen atoms in total. The topological polar surface area (TPSA) is 104 Å². The van der Waals surface area contributed by atoms with Crippen LogP contribution in [0.5, 0.6) is 0 Å². The number of rotatable bonds is 6. The van der Waals surface area contributed by atoms with E-state index in [0.29, 0.717) is 23.9 Å². The average molecular weight is 288 g/mol. The number of carbonyl (C=O) groups is 3. The van der Waals surface area contributed by atoms with Crippen LogP contribution >= 0.6 is 0 Å². The summed E-state index contributed by atoms with van der Waals surface area (Å²) in [5.74, 6) is -0.600. The van der Waals surface area contributed by atoms with Gasteiger partial charge in [-0.25, -0.2) is 4.98 Å². The maximum Gasteiger partial charge on any atom is 0.253 e. The van der Waals surface area contributed by atoms with Crippen molar-refractivity contribution in [2.24, 2.45) is 0 Å². The molecule has 2 rings (SSSR count). The summed E-state index contributed by atoms with van der Waals surface area (Å²) in [6.07, 6.45) is 2.51. The van der Waals surface area contributed by atoms with Crippen molar-refractivity contribution >= 4 is 29.3 Å². The van der Waals surface area contributed by atoms with E-state index in [2.05, 4.69) is 20.6 Å². The second kappa shape index (κ2) is 6.65. The number of H-pyrrole nitrogens is 1. The summed E-state index contributed by atoms with van der Waals surface area (Å²) in [5, 5.41) is 4.87. The van der Waals surface area contributed by atoms with Gasteiger partial charge < -0.3 is 10.3 Å². The number of nitrogens with zero attached hydrogens (tertiary/aromatic N) is 1. The van der Waals surface area contributed by atoms with Gasteiger partial charge in [-0.05, 0) is 25.5 Å². The smallest absolute Gasteiger partial charge is 0.253 e. The fourth-order valence-corrected chi connectivity index (χ4v) is 2.01. The Morgan fingerprint density at radius 1 is 1.43 bits per heavy atom. The van der Waals surface area contributed by atoms with E-state index in [1.807, 2.05) is 6.07 Å². The number of imide groups is 1. The molecule has 21 heavy (non-hydrogen) atoms. The first-order chi connectivity index (χ1) is 10.1. The van der Waals surface area contributed by atoms with Crippen LogP contribution in [0.15, 0.2) is 24.5 Å². The number of hydrogen-bond acceptors (Lipinski definition) is 4. The molecular formula is C14H16N4O3. The molecule has 1 aromatic heterocycles. The SMILES string of the molecule is CC(CCC(=O)NC=O)NC(=O)c1cccc2[nH]cnc12. The zero-order chi connectivity index (χ0) is 15.2. The molecule has 2 aromatic rings. The van der Waals surface area contributed by atoms with Crippen molar-refractivity contribution < 1.29 is 14.4 Å². The van der Waals surface area contributed by atoms with Crippen LogP contribution < -0.4 is 10.6 Å². The molecular weight excluding hydrogens is 272 g/mol. The normalized spacial score (nSPS) is 11.9. The molecule has 0 saturated carbocycles. The van der Waals surface area contributed by atoms with Crippen molar-refractivity contribution in [1.82, 2.24) is 20.6 Å². The van der Waals surface area contributed by atoms with Crippen LogP contribution in [0.1, 0.15) is 30.1 Å². The second-order valence-corrected chi connectivity index (χ2v) is 4.70. The van der Waals surface area contributed by atoms with Crippen molar-refractivity contribution in [3.63, 3.8) is 0 Å². The molecule has 0 aliphatic rings. The number of para-hydroxylation sites is 1. The minimum Gasteiger partial charge on any atom is -0.350 e. The van der Waals surface area contributed by atoms with Gasteiger partial charge >= 0.3 is 0 Å². The van der Waals surface area contributed by atoms with Crippen LogP contribution in [0, 0.1) is 0 Å². The number of carbonyl (C=O) groups excluding carboxylic acids is 3. The van der Waals surface area contributed by atoms with E-state index in [0.717, 1.165) is 5.52 Å². The van der Waals surface area contributed by atoms with E-state index in [4.69, 9.17) is 0 Å². The lowest BCUT2D eigenvalue weighted by atomic mass is 10.1. The number of benzene rings is 1. The quantitative estimate of drug-likeness (QED) is 0.682. The molecule has 1 aromatic carbocycles. The van der Waals surface area contributed by atoms with Crippen LogP contribution in [-0.4, -0.2) is 34.2 Å². The summed E-state index contributed by atoms with van der Waals surface area (Å²) in [6.45, 7) is 1.80. The highest BCUT2D eigenvalue weighted by molar-refractivity contribution is 6.04. The van der Waals surface area contributed by atoms with E-state index in [9.17, 15) is 14.4 Å². The first-order valence-corrected chi connectivity index (χ1v) is 6.57. The number of imidazole rings is 1. The molecule has 0 spiro atoms. The van der Waals surface area contributed by atoms with Crippen molar-refractivity contribution in [3.8, 4) is 0 Å². The predicted molar refractivity (Wildman–Crippen MR) is 76.5 cm³/mol. The van der Waals surface area contributed by atoms with E-state index in [1.165, 1.54) is 6.33 Å². The Balaban J connectivity index is 1.96. The van der Waals surface area contributed by atoms with Crippen molar-refractivity contribution in [1.29, 1.82) is 0 Å². The fraction of sp³-hybridized carbons (Fsp3) is 0.286. The molecule has 0 bridgehead atoms. The minimum atomic E-state index is -0.361. The van der Waals surface area contributed by atoms with E-state index < -0.39 is 0 Å². The highest BCUT2D eigenvalue weighted by atomic mass is 16.2. The molecule has 3 amide bonds. The Kier molecular flexibility index (Phi) is 4.65. The summed E-state index contributed by atoms with van der Waals surface area (Å²) in [5.41, 5.74) is 1.89. The molecule has 0 fully saturated rings. The second-order valence-electron chi connectivity index (χ2n) is 4.70. The van der Waals surface area contributed by atoms with Crippen LogP contribution in [0.4, 0.5) is 0 Å². The zero-order valence-corrected chi connectivity index (χ0v) is 11.6. The Labute approximate surface area is 121 Å². The van der Waals surface area contributed by atoms with Gasteiger partial charge in [-0.15, -0.1) is 0 Å². The molecule has 1 unspecified atom stereocenters. The fourth-order valence-electron chi connectivity index (χ4n) is 2.01. The lowest BCUT2D eigenvalue weighted by molar-refractivity contribution is -0.125. The Hall–Kier alpha value is -2.70. The first kappa shape index (κ1) is 14.7. The zero-order valence-electron chi connectivity index (χ0n) is 11.6. The number of amides is 3. The Morgan fingerprint density at radius 3 is 3.00 bits per heavy atom. The van der Waals surface area contributed by atoms with Crippen LogP contribution in [0.3, 0.4) is 0 Å². The van der Waals surface area contributed by atoms with Gasteiger partial charge in [-0.3, -0.25) is 19.7 Å². The summed E-state index contributed by atoms with van der Waals surface area (Å²) < 4.78 is 0. The molecule has 7 heteroatoms. The number of fused-ring (bicyclic) bond motifs is 1. The van der Waals surface area contributed by atoms with Gasteiger partial charge in [0.25, 0.3) is 5.91 Å². The van der Waals surface area contributed by atoms with Crippen molar-refractivity contribution in [2.75, 3.05) is 0 Å². The third-order valence-electron chi connectivity index (χ3n) is 3.10. The van der Waals surface area contributed by atoms with Crippen molar-refractivity contribution in [3.05, 3.63) is 30.1 Å². The monoisotopic (exact) mass is 288 g/mol. The molecule has 0 radical (unpaired) electrons. The summed E-state index contributed by atoms with van der Waals surface area (Å²) in [6, 6.07) is 5.12. The first-order valence-electron chi connectivity index (χ1n) is 6.57. The van der Waals surface area contributed by atoms with Gasteiger partial charge in [0.15, 0.2) is 0 Å².